The average Bonchev–Trinajstić information content (AvgIpc) is 1.64. The van der Waals surface area contributed by atoms with Crippen LogP contribution in [0.2, 0.25) is 0 Å². The van der Waals surface area contributed by atoms with Gasteiger partial charge in [-0.2, -0.15) is 8.42 Å². The highest BCUT2D eigenvalue weighted by Gasteiger charge is 2.05. The zero-order chi connectivity index (χ0) is 7.33. The maximum atomic E-state index is 11.0. The highest BCUT2D eigenvalue weighted by Crippen LogP contribution is 1.91. The first-order valence-electron chi connectivity index (χ1n) is 1.67. The van der Waals surface area contributed by atoms with Crippen molar-refractivity contribution >= 4 is 16.4 Å². The summed E-state index contributed by atoms with van der Waals surface area (Å²) in [5.74, 6) is 0. The van der Waals surface area contributed by atoms with Crippen molar-refractivity contribution in [3.8, 4) is 0 Å². The molecule has 0 radical (unpaired) electrons. The molecular weight excluding hydrogens is 153 g/mol. The first-order chi connectivity index (χ1) is 4.12. The van der Waals surface area contributed by atoms with Crippen LogP contribution in [0.4, 0.5) is 4.39 Å². The Morgan fingerprint density at radius 1 is 1.67 bits per heavy atom. The Balaban J connectivity index is 4.22. The number of isocyanates is 1. The molecule has 0 unspecified atom stereocenters. The van der Waals surface area contributed by atoms with Gasteiger partial charge in [-0.15, -0.1) is 0 Å². The third-order valence-corrected chi connectivity index (χ3v) is 1.03. The lowest BCUT2D eigenvalue weighted by molar-refractivity contribution is 0.199. The van der Waals surface area contributed by atoms with Crippen LogP contribution >= 0.6 is 0 Å². The Labute approximate surface area is 50.4 Å². The zero-order valence-electron chi connectivity index (χ0n) is 4.07. The minimum absolute atomic E-state index is 0.688. The molecule has 0 aromatic heterocycles. The molecule has 0 bridgehead atoms. The molecule has 0 amide bonds. The van der Waals surface area contributed by atoms with Crippen LogP contribution in [0.25, 0.3) is 0 Å². The summed E-state index contributed by atoms with van der Waals surface area (Å²) < 4.78 is 36.4. The van der Waals surface area contributed by atoms with Gasteiger partial charge in [-0.25, -0.2) is 13.4 Å². The molecule has 9 heavy (non-hydrogen) atoms. The highest BCUT2D eigenvalue weighted by atomic mass is 32.2. The normalized spacial score (nSPS) is 10.3. The van der Waals surface area contributed by atoms with Gasteiger partial charge >= 0.3 is 10.3 Å². The van der Waals surface area contributed by atoms with Crippen LogP contribution < -0.4 is 0 Å². The van der Waals surface area contributed by atoms with Gasteiger partial charge in [0.05, 0.1) is 0 Å². The second-order valence-electron chi connectivity index (χ2n) is 0.837. The maximum Gasteiger partial charge on any atom is 0.393 e. The van der Waals surface area contributed by atoms with Crippen molar-refractivity contribution in [3.05, 3.63) is 0 Å². The van der Waals surface area contributed by atoms with Gasteiger partial charge in [-0.05, 0) is 0 Å². The molecule has 52 valence electrons. The van der Waals surface area contributed by atoms with Crippen molar-refractivity contribution in [1.29, 1.82) is 0 Å². The summed E-state index contributed by atoms with van der Waals surface area (Å²) in [6, 6.07) is 0. The summed E-state index contributed by atoms with van der Waals surface area (Å²) >= 11 is 0. The smallest absolute Gasteiger partial charge is 0.219 e. The minimum Gasteiger partial charge on any atom is -0.219 e. The van der Waals surface area contributed by atoms with Crippen molar-refractivity contribution in [2.75, 3.05) is 6.86 Å². The fourth-order valence-electron chi connectivity index (χ4n) is 0.128. The highest BCUT2D eigenvalue weighted by molar-refractivity contribution is 7.85. The number of carbonyl (C=O) groups excluding carboxylic acids is 1. The monoisotopic (exact) mass is 155 g/mol. The fourth-order valence-corrected chi connectivity index (χ4v) is 0.385. The van der Waals surface area contributed by atoms with Crippen molar-refractivity contribution in [1.82, 2.24) is 0 Å². The van der Waals surface area contributed by atoms with Crippen LogP contribution in [0.15, 0.2) is 4.40 Å². The molecule has 5 nitrogen and oxygen atoms in total. The lowest BCUT2D eigenvalue weighted by Gasteiger charge is -1.87. The molecule has 0 aliphatic rings. The van der Waals surface area contributed by atoms with E-state index in [2.05, 4.69) is 8.58 Å². The number of hydrogen-bond donors (Lipinski definition) is 0. The fraction of sp³-hybridized carbons (Fsp3) is 0.500. The van der Waals surface area contributed by atoms with Crippen LogP contribution in [0.1, 0.15) is 0 Å². The van der Waals surface area contributed by atoms with Crippen LogP contribution in [-0.2, 0) is 19.3 Å². The molecule has 0 rings (SSSR count). The van der Waals surface area contributed by atoms with Gasteiger partial charge in [0.15, 0.2) is 0 Å². The van der Waals surface area contributed by atoms with Gasteiger partial charge in [-0.1, -0.05) is 4.40 Å². The van der Waals surface area contributed by atoms with E-state index in [0.29, 0.717) is 6.08 Å². The number of nitrogens with zero attached hydrogens (tertiary/aromatic N) is 1. The Morgan fingerprint density at radius 2 is 2.22 bits per heavy atom. The zero-order valence-corrected chi connectivity index (χ0v) is 4.89. The molecule has 0 spiro atoms. The predicted molar refractivity (Wildman–Crippen MR) is 24.1 cm³/mol. The van der Waals surface area contributed by atoms with Crippen molar-refractivity contribution in [2.45, 2.75) is 0 Å². The minimum atomic E-state index is -4.36. The Bertz CT molecular complexity index is 215. The van der Waals surface area contributed by atoms with E-state index in [1.54, 1.807) is 0 Å². The predicted octanol–water partition coefficient (Wildman–Crippen LogP) is -0.489. The topological polar surface area (TPSA) is 72.8 Å². The van der Waals surface area contributed by atoms with Gasteiger partial charge < -0.3 is 0 Å². The number of rotatable bonds is 3. The van der Waals surface area contributed by atoms with Crippen molar-refractivity contribution in [3.63, 3.8) is 0 Å². The summed E-state index contributed by atoms with van der Waals surface area (Å²) in [7, 11) is -4.36. The summed E-state index contributed by atoms with van der Waals surface area (Å²) in [6.45, 7) is -1.53. The lowest BCUT2D eigenvalue weighted by atomic mass is 11.6. The maximum absolute atomic E-state index is 11.0. The van der Waals surface area contributed by atoms with Crippen molar-refractivity contribution < 1.29 is 21.8 Å². The molecular formula is C2H2FNO4S. The summed E-state index contributed by atoms with van der Waals surface area (Å²) in [5, 5.41) is 0. The molecule has 0 heterocycles. The van der Waals surface area contributed by atoms with Crippen LogP contribution in [-0.4, -0.2) is 21.4 Å². The standard InChI is InChI=1S/C2H2FNO4S/c3-1-8-9(6,7)4-2-5/h1H2. The average molecular weight is 155 g/mol. The van der Waals surface area contributed by atoms with Crippen molar-refractivity contribution in [2.24, 2.45) is 4.40 Å². The summed E-state index contributed by atoms with van der Waals surface area (Å²) in [4.78, 5) is 9.22. The SMILES string of the molecule is O=C=NS(=O)(=O)OCF. The van der Waals surface area contributed by atoms with Crippen LogP contribution in [0, 0.1) is 0 Å². The van der Waals surface area contributed by atoms with E-state index in [1.807, 2.05) is 0 Å². The Kier molecular flexibility index (Phi) is 3.00. The Morgan fingerprint density at radius 3 is 2.56 bits per heavy atom. The van der Waals surface area contributed by atoms with Crippen LogP contribution in [0.5, 0.6) is 0 Å². The number of hydrogen-bond acceptors (Lipinski definition) is 4. The second kappa shape index (κ2) is 3.29. The quantitative estimate of drug-likeness (QED) is 0.407. The Hall–Kier alpha value is -0.780. The van der Waals surface area contributed by atoms with E-state index < -0.39 is 17.2 Å². The number of alkyl halides is 1. The first-order valence-corrected chi connectivity index (χ1v) is 3.03. The molecule has 0 fully saturated rings. The third-order valence-electron chi connectivity index (χ3n) is 0.343. The first kappa shape index (κ1) is 8.22. The second-order valence-corrected chi connectivity index (χ2v) is 2.11. The third kappa shape index (κ3) is 3.77. The largest absolute Gasteiger partial charge is 0.393 e. The molecule has 7 heteroatoms. The molecule has 0 aromatic carbocycles. The lowest BCUT2D eigenvalue weighted by Crippen LogP contribution is -1.99. The van der Waals surface area contributed by atoms with Crippen LogP contribution in [0.3, 0.4) is 0 Å². The van der Waals surface area contributed by atoms with E-state index >= 15 is 0 Å². The molecule has 0 N–H and O–H groups in total. The van der Waals surface area contributed by atoms with E-state index in [1.165, 1.54) is 0 Å². The van der Waals surface area contributed by atoms with E-state index in [9.17, 15) is 17.6 Å². The molecule has 0 atom stereocenters. The summed E-state index contributed by atoms with van der Waals surface area (Å²) in [5.41, 5.74) is 0. The van der Waals surface area contributed by atoms with Gasteiger partial charge in [-0.3, -0.25) is 0 Å². The van der Waals surface area contributed by atoms with Gasteiger partial charge in [0, 0.05) is 0 Å². The van der Waals surface area contributed by atoms with E-state index in [0.717, 1.165) is 0 Å². The molecule has 0 aliphatic heterocycles. The van der Waals surface area contributed by atoms with Gasteiger partial charge in [0.25, 0.3) is 6.08 Å². The summed E-state index contributed by atoms with van der Waals surface area (Å²) in [6.07, 6.45) is 0.688. The molecule has 0 aliphatic carbocycles. The number of halogens is 1. The van der Waals surface area contributed by atoms with E-state index in [4.69, 9.17) is 0 Å². The molecule has 0 saturated heterocycles. The van der Waals surface area contributed by atoms with E-state index in [-0.39, 0.29) is 0 Å². The van der Waals surface area contributed by atoms with Gasteiger partial charge in [0.2, 0.25) is 6.86 Å². The molecule has 0 aromatic rings. The molecule has 0 saturated carbocycles. The van der Waals surface area contributed by atoms with Gasteiger partial charge in [0.1, 0.15) is 0 Å².